The molecule has 3 unspecified atom stereocenters. The fourth-order valence-corrected chi connectivity index (χ4v) is 5.74. The van der Waals surface area contributed by atoms with Crippen LogP contribution >= 0.6 is 11.3 Å². The number of nitrogens with zero attached hydrogens (tertiary/aromatic N) is 2. The monoisotopic (exact) mass is 478 g/mol. The molecule has 1 aromatic heterocycles. The lowest BCUT2D eigenvalue weighted by atomic mass is 9.82. The van der Waals surface area contributed by atoms with Gasteiger partial charge in [-0.05, 0) is 80.4 Å². The number of aromatic nitrogens is 1. The molecule has 1 saturated heterocycles. The van der Waals surface area contributed by atoms with Crippen LogP contribution in [0.25, 0.3) is 0 Å². The molecule has 3 N–H and O–H groups in total. The standard InChI is InChI=1S/C27H34N4O2S/c1-3-31-14-4-5-22(16-31)33-21-12-10-20(11-13-21)29-27-30-26(28)25(34-27)24(32)23-15-19(18-8-9-18)7-6-17(23)2/h6-7,10-13,15,17-18,22-23H,3-5,8-9,14,16,28H2,1-2H3,(H,29,30). The summed E-state index contributed by atoms with van der Waals surface area (Å²) in [5, 5.41) is 3.93. The molecular weight excluding hydrogens is 444 g/mol. The SMILES string of the molecule is CCN1CCCC(Oc2ccc(Nc3nc(N)c(C(=O)C4C=C(C5CC5)C=CC4C)s3)cc2)C1. The minimum atomic E-state index is -0.170. The number of carbonyl (C=O) groups excluding carboxylic acids is 1. The third kappa shape index (κ3) is 5.20. The number of nitrogens with two attached hydrogens (primary N) is 1. The van der Waals surface area contributed by atoms with Crippen LogP contribution in [0.3, 0.4) is 0 Å². The largest absolute Gasteiger partial charge is 0.489 e. The number of thiazole rings is 1. The molecule has 7 heteroatoms. The van der Waals surface area contributed by atoms with Crippen molar-refractivity contribution in [2.45, 2.75) is 45.6 Å². The first-order chi connectivity index (χ1) is 16.5. The molecule has 0 radical (unpaired) electrons. The van der Waals surface area contributed by atoms with Gasteiger partial charge in [-0.15, -0.1) is 0 Å². The first-order valence-electron chi connectivity index (χ1n) is 12.5. The van der Waals surface area contributed by atoms with Crippen molar-refractivity contribution in [2.75, 3.05) is 30.7 Å². The summed E-state index contributed by atoms with van der Waals surface area (Å²) in [6, 6.07) is 7.92. The first kappa shape index (κ1) is 23.1. The van der Waals surface area contributed by atoms with E-state index in [1.165, 1.54) is 36.2 Å². The summed E-state index contributed by atoms with van der Waals surface area (Å²) < 4.78 is 6.20. The van der Waals surface area contributed by atoms with Gasteiger partial charge in [0.2, 0.25) is 0 Å². The average molecular weight is 479 g/mol. The van der Waals surface area contributed by atoms with E-state index in [0.29, 0.717) is 21.7 Å². The number of ether oxygens (including phenoxy) is 1. The predicted molar refractivity (Wildman–Crippen MR) is 139 cm³/mol. The molecule has 1 aliphatic heterocycles. The highest BCUT2D eigenvalue weighted by molar-refractivity contribution is 7.18. The molecular formula is C27H34N4O2S. The van der Waals surface area contributed by atoms with Crippen molar-refractivity contribution < 1.29 is 9.53 Å². The summed E-state index contributed by atoms with van der Waals surface area (Å²) >= 11 is 1.33. The number of hydrogen-bond donors (Lipinski definition) is 2. The number of benzene rings is 1. The normalized spacial score (nSPS) is 25.1. The number of hydrogen-bond acceptors (Lipinski definition) is 7. The van der Waals surface area contributed by atoms with E-state index in [2.05, 4.69) is 47.3 Å². The Bertz CT molecular complexity index is 1090. The first-order valence-corrected chi connectivity index (χ1v) is 13.3. The Morgan fingerprint density at radius 1 is 1.26 bits per heavy atom. The van der Waals surface area contributed by atoms with Crippen LogP contribution in [0, 0.1) is 17.8 Å². The predicted octanol–water partition coefficient (Wildman–Crippen LogP) is 5.67. The quantitative estimate of drug-likeness (QED) is 0.476. The van der Waals surface area contributed by atoms with Gasteiger partial charge in [-0.3, -0.25) is 9.69 Å². The number of likely N-dealkylation sites (N-methyl/N-ethyl adjacent to an activating group) is 1. The van der Waals surface area contributed by atoms with E-state index in [0.717, 1.165) is 37.5 Å². The van der Waals surface area contributed by atoms with Gasteiger partial charge < -0.3 is 15.8 Å². The number of likely N-dealkylation sites (tertiary alicyclic amines) is 1. The van der Waals surface area contributed by atoms with Crippen LogP contribution in [0.4, 0.5) is 16.6 Å². The summed E-state index contributed by atoms with van der Waals surface area (Å²) in [6.07, 6.45) is 11.5. The lowest BCUT2D eigenvalue weighted by molar-refractivity contribution is 0.0919. The van der Waals surface area contributed by atoms with Crippen molar-refractivity contribution >= 4 is 33.8 Å². The average Bonchev–Trinajstić information content (AvgIpc) is 3.63. The number of nitrogens with one attached hydrogen (secondary N) is 1. The Morgan fingerprint density at radius 2 is 2.06 bits per heavy atom. The van der Waals surface area contributed by atoms with E-state index in [4.69, 9.17) is 10.5 Å². The van der Waals surface area contributed by atoms with Gasteiger partial charge in [0.05, 0.1) is 0 Å². The molecule has 2 heterocycles. The second-order valence-corrected chi connectivity index (χ2v) is 10.7. The fraction of sp³-hybridized carbons (Fsp3) is 0.481. The zero-order valence-corrected chi connectivity index (χ0v) is 20.8. The minimum absolute atomic E-state index is 0.0652. The second-order valence-electron chi connectivity index (χ2n) is 9.71. The van der Waals surface area contributed by atoms with Crippen molar-refractivity contribution in [1.82, 2.24) is 9.88 Å². The molecule has 34 heavy (non-hydrogen) atoms. The second kappa shape index (κ2) is 9.92. The number of anilines is 3. The Labute approximate surface area is 205 Å². The number of carbonyl (C=O) groups is 1. The van der Waals surface area contributed by atoms with Gasteiger partial charge in [0.1, 0.15) is 22.5 Å². The zero-order valence-electron chi connectivity index (χ0n) is 20.0. The number of piperidine rings is 1. The molecule has 0 bridgehead atoms. The fourth-order valence-electron chi connectivity index (χ4n) is 4.84. The molecule has 180 valence electrons. The molecule has 0 amide bonds. The Kier molecular flexibility index (Phi) is 6.75. The molecule has 1 aromatic carbocycles. The molecule has 3 atom stereocenters. The number of ketones is 1. The van der Waals surface area contributed by atoms with Crippen molar-refractivity contribution in [3.05, 3.63) is 52.9 Å². The highest BCUT2D eigenvalue weighted by atomic mass is 32.1. The van der Waals surface area contributed by atoms with Gasteiger partial charge in [-0.2, -0.15) is 0 Å². The molecule has 2 fully saturated rings. The van der Waals surface area contributed by atoms with Crippen molar-refractivity contribution in [3.63, 3.8) is 0 Å². The van der Waals surface area contributed by atoms with Gasteiger partial charge in [0, 0.05) is 18.2 Å². The smallest absolute Gasteiger partial charge is 0.189 e. The van der Waals surface area contributed by atoms with Crippen molar-refractivity contribution in [1.29, 1.82) is 0 Å². The molecule has 2 aliphatic carbocycles. The molecule has 5 rings (SSSR count). The van der Waals surface area contributed by atoms with Gasteiger partial charge in [-0.1, -0.05) is 43.4 Å². The Morgan fingerprint density at radius 3 is 2.79 bits per heavy atom. The van der Waals surface area contributed by atoms with Gasteiger partial charge in [-0.25, -0.2) is 4.98 Å². The summed E-state index contributed by atoms with van der Waals surface area (Å²) in [4.78, 5) is 20.7. The maximum atomic E-state index is 13.3. The highest BCUT2D eigenvalue weighted by Gasteiger charge is 2.33. The molecule has 3 aliphatic rings. The summed E-state index contributed by atoms with van der Waals surface area (Å²) in [5.41, 5.74) is 8.38. The molecule has 2 aromatic rings. The zero-order chi connectivity index (χ0) is 23.7. The van der Waals surface area contributed by atoms with E-state index >= 15 is 0 Å². The number of Topliss-reactive ketones (excluding diaryl/α,β-unsaturated/α-hetero) is 1. The number of allylic oxidation sites excluding steroid dienone is 4. The topological polar surface area (TPSA) is 80.5 Å². The summed E-state index contributed by atoms with van der Waals surface area (Å²) in [7, 11) is 0. The number of nitrogen functional groups attached to an aromatic ring is 1. The van der Waals surface area contributed by atoms with Crippen LogP contribution in [-0.2, 0) is 0 Å². The highest BCUT2D eigenvalue weighted by Crippen LogP contribution is 2.41. The van der Waals surface area contributed by atoms with Crippen molar-refractivity contribution in [2.24, 2.45) is 17.8 Å². The van der Waals surface area contributed by atoms with Crippen molar-refractivity contribution in [3.8, 4) is 5.75 Å². The summed E-state index contributed by atoms with van der Waals surface area (Å²) in [6.45, 7) is 7.50. The maximum absolute atomic E-state index is 13.3. The van der Waals surface area contributed by atoms with Crippen LogP contribution in [0.15, 0.2) is 48.1 Å². The lowest BCUT2D eigenvalue weighted by Gasteiger charge is -2.32. The van der Waals surface area contributed by atoms with E-state index in [1.807, 2.05) is 24.3 Å². The molecule has 1 saturated carbocycles. The van der Waals surface area contributed by atoms with Gasteiger partial charge >= 0.3 is 0 Å². The summed E-state index contributed by atoms with van der Waals surface area (Å²) in [5.74, 6) is 1.87. The van der Waals surface area contributed by atoms with E-state index in [-0.39, 0.29) is 23.7 Å². The third-order valence-corrected chi connectivity index (χ3v) is 8.08. The van der Waals surface area contributed by atoms with Crippen LogP contribution < -0.4 is 15.8 Å². The van der Waals surface area contributed by atoms with E-state index in [1.54, 1.807) is 0 Å². The van der Waals surface area contributed by atoms with Crippen LogP contribution in [0.2, 0.25) is 0 Å². The Hall–Kier alpha value is -2.64. The number of rotatable bonds is 8. The third-order valence-electron chi connectivity index (χ3n) is 7.08. The minimum Gasteiger partial charge on any atom is -0.489 e. The molecule has 6 nitrogen and oxygen atoms in total. The van der Waals surface area contributed by atoms with Crippen LogP contribution in [0.5, 0.6) is 5.75 Å². The van der Waals surface area contributed by atoms with E-state index < -0.39 is 0 Å². The molecule has 0 spiro atoms. The van der Waals surface area contributed by atoms with E-state index in [9.17, 15) is 4.79 Å². The van der Waals surface area contributed by atoms with Crippen LogP contribution in [-0.4, -0.2) is 41.4 Å². The Balaban J connectivity index is 1.23. The maximum Gasteiger partial charge on any atom is 0.189 e. The van der Waals surface area contributed by atoms with Gasteiger partial charge in [0.15, 0.2) is 10.9 Å². The van der Waals surface area contributed by atoms with Crippen LogP contribution in [0.1, 0.15) is 49.2 Å². The van der Waals surface area contributed by atoms with Gasteiger partial charge in [0.25, 0.3) is 0 Å². The lowest BCUT2D eigenvalue weighted by Crippen LogP contribution is -2.40.